The van der Waals surface area contributed by atoms with Gasteiger partial charge in [-0.3, -0.25) is 9.59 Å². The molecule has 2 heterocycles. The summed E-state index contributed by atoms with van der Waals surface area (Å²) in [6.45, 7) is 4.23. The monoisotopic (exact) mass is 482 g/mol. The second kappa shape index (κ2) is 10.3. The SMILES string of the molecule is CCC(CC)c1nn2c(=O)cc(CSc3ccccc3NC(=O)c3cccc(F)c3)nc2s1. The lowest BCUT2D eigenvalue weighted by atomic mass is 10.1. The maximum atomic E-state index is 13.5. The number of nitrogens with one attached hydrogen (secondary N) is 1. The topological polar surface area (TPSA) is 76.4 Å². The van der Waals surface area contributed by atoms with Crippen molar-refractivity contribution in [3.8, 4) is 0 Å². The number of amides is 1. The van der Waals surface area contributed by atoms with E-state index in [4.69, 9.17) is 0 Å². The maximum absolute atomic E-state index is 13.5. The van der Waals surface area contributed by atoms with Gasteiger partial charge in [0.2, 0.25) is 4.96 Å². The molecule has 0 atom stereocenters. The first-order valence-electron chi connectivity index (χ1n) is 10.7. The van der Waals surface area contributed by atoms with Gasteiger partial charge in [-0.15, -0.1) is 11.8 Å². The van der Waals surface area contributed by atoms with Crippen molar-refractivity contribution >= 4 is 39.7 Å². The number of thioether (sulfide) groups is 1. The van der Waals surface area contributed by atoms with Crippen molar-refractivity contribution in [2.75, 3.05) is 5.32 Å². The first-order valence-corrected chi connectivity index (χ1v) is 12.5. The Hall–Kier alpha value is -3.04. The lowest BCUT2D eigenvalue weighted by Gasteiger charge is -2.11. The molecule has 0 aliphatic heterocycles. The Morgan fingerprint density at radius 2 is 1.94 bits per heavy atom. The molecule has 0 aliphatic carbocycles. The Morgan fingerprint density at radius 1 is 1.15 bits per heavy atom. The van der Waals surface area contributed by atoms with Crippen LogP contribution in [0.25, 0.3) is 4.96 Å². The van der Waals surface area contributed by atoms with E-state index in [1.165, 1.54) is 51.9 Å². The van der Waals surface area contributed by atoms with Crippen molar-refractivity contribution in [1.29, 1.82) is 0 Å². The van der Waals surface area contributed by atoms with Crippen molar-refractivity contribution < 1.29 is 9.18 Å². The van der Waals surface area contributed by atoms with Crippen LogP contribution < -0.4 is 10.9 Å². The van der Waals surface area contributed by atoms with Crippen LogP contribution in [-0.2, 0) is 5.75 Å². The van der Waals surface area contributed by atoms with Crippen LogP contribution in [0.2, 0.25) is 0 Å². The summed E-state index contributed by atoms with van der Waals surface area (Å²) in [5.74, 6) is -0.0773. The van der Waals surface area contributed by atoms with Gasteiger partial charge in [0.25, 0.3) is 11.5 Å². The van der Waals surface area contributed by atoms with Crippen molar-refractivity contribution in [3.05, 3.63) is 87.0 Å². The molecule has 0 fully saturated rings. The molecule has 2 aromatic carbocycles. The largest absolute Gasteiger partial charge is 0.321 e. The summed E-state index contributed by atoms with van der Waals surface area (Å²) in [6, 6.07) is 14.4. The maximum Gasteiger partial charge on any atom is 0.275 e. The van der Waals surface area contributed by atoms with Gasteiger partial charge in [-0.05, 0) is 43.2 Å². The van der Waals surface area contributed by atoms with Crippen LogP contribution in [0.15, 0.2) is 64.3 Å². The predicted molar refractivity (Wildman–Crippen MR) is 131 cm³/mol. The Bertz CT molecular complexity index is 1350. The average molecular weight is 483 g/mol. The third-order valence-electron chi connectivity index (χ3n) is 5.25. The Labute approximate surface area is 198 Å². The van der Waals surface area contributed by atoms with Crippen LogP contribution in [0.3, 0.4) is 0 Å². The molecule has 0 saturated heterocycles. The van der Waals surface area contributed by atoms with Gasteiger partial charge in [0.1, 0.15) is 10.8 Å². The molecular formula is C24H23FN4O2S2. The van der Waals surface area contributed by atoms with Crippen LogP contribution in [0.5, 0.6) is 0 Å². The highest BCUT2D eigenvalue weighted by atomic mass is 32.2. The zero-order valence-electron chi connectivity index (χ0n) is 18.2. The number of carbonyl (C=O) groups is 1. The van der Waals surface area contributed by atoms with E-state index in [9.17, 15) is 14.0 Å². The molecule has 0 saturated carbocycles. The van der Waals surface area contributed by atoms with E-state index in [-0.39, 0.29) is 17.0 Å². The molecule has 1 N–H and O–H groups in total. The number of rotatable bonds is 8. The van der Waals surface area contributed by atoms with E-state index in [0.29, 0.717) is 28.0 Å². The van der Waals surface area contributed by atoms with E-state index in [2.05, 4.69) is 29.2 Å². The molecule has 33 heavy (non-hydrogen) atoms. The molecule has 1 amide bonds. The van der Waals surface area contributed by atoms with Crippen LogP contribution in [0.1, 0.15) is 53.7 Å². The molecule has 0 spiro atoms. The first-order chi connectivity index (χ1) is 16.0. The van der Waals surface area contributed by atoms with Gasteiger partial charge in [-0.25, -0.2) is 9.37 Å². The zero-order valence-corrected chi connectivity index (χ0v) is 19.9. The molecule has 9 heteroatoms. The number of para-hydroxylation sites is 1. The predicted octanol–water partition coefficient (Wildman–Crippen LogP) is 5.74. The third kappa shape index (κ3) is 5.31. The van der Waals surface area contributed by atoms with Gasteiger partial charge in [0.05, 0.1) is 11.4 Å². The second-order valence-electron chi connectivity index (χ2n) is 7.48. The van der Waals surface area contributed by atoms with Gasteiger partial charge in [0.15, 0.2) is 0 Å². The molecule has 0 unspecified atom stereocenters. The molecule has 0 aliphatic rings. The fourth-order valence-electron chi connectivity index (χ4n) is 3.42. The Kier molecular flexibility index (Phi) is 7.20. The number of benzene rings is 2. The molecule has 0 radical (unpaired) electrons. The summed E-state index contributed by atoms with van der Waals surface area (Å²) < 4.78 is 14.8. The number of aromatic nitrogens is 3. The van der Waals surface area contributed by atoms with Crippen molar-refractivity contribution in [3.63, 3.8) is 0 Å². The van der Waals surface area contributed by atoms with Gasteiger partial charge in [-0.1, -0.05) is 43.4 Å². The van der Waals surface area contributed by atoms with Crippen LogP contribution in [0.4, 0.5) is 10.1 Å². The standard InChI is InChI=1S/C24H23FN4O2S2/c1-3-15(4-2)23-28-29-21(30)13-18(26-24(29)33-23)14-32-20-11-6-5-10-19(20)27-22(31)16-8-7-9-17(25)12-16/h5-13,15H,3-4,14H2,1-2H3,(H,27,31). The lowest BCUT2D eigenvalue weighted by molar-refractivity contribution is 0.102. The van der Waals surface area contributed by atoms with Crippen molar-refractivity contribution in [2.45, 2.75) is 43.3 Å². The van der Waals surface area contributed by atoms with E-state index < -0.39 is 5.82 Å². The summed E-state index contributed by atoms with van der Waals surface area (Å²) in [4.78, 5) is 31.2. The minimum atomic E-state index is -0.464. The average Bonchev–Trinajstić information content (AvgIpc) is 3.24. The molecule has 4 aromatic rings. The van der Waals surface area contributed by atoms with Crippen molar-refractivity contribution in [1.82, 2.24) is 14.6 Å². The molecular weight excluding hydrogens is 459 g/mol. The highest BCUT2D eigenvalue weighted by Gasteiger charge is 2.16. The fraction of sp³-hybridized carbons (Fsp3) is 0.250. The van der Waals surface area contributed by atoms with Gasteiger partial charge in [0, 0.05) is 28.2 Å². The van der Waals surface area contributed by atoms with Crippen LogP contribution in [-0.4, -0.2) is 20.5 Å². The van der Waals surface area contributed by atoms with Crippen LogP contribution in [0, 0.1) is 5.82 Å². The third-order valence-corrected chi connectivity index (χ3v) is 7.42. The second-order valence-corrected chi connectivity index (χ2v) is 9.49. The Balaban J connectivity index is 1.52. The normalized spacial score (nSPS) is 11.3. The number of hydrogen-bond acceptors (Lipinski definition) is 6. The van der Waals surface area contributed by atoms with E-state index in [0.717, 1.165) is 22.7 Å². The van der Waals surface area contributed by atoms with Gasteiger partial charge < -0.3 is 5.32 Å². The summed E-state index contributed by atoms with van der Waals surface area (Å²) in [5.41, 5.74) is 1.31. The first kappa shape index (κ1) is 23.1. The number of anilines is 1. The minimum absolute atomic E-state index is 0.197. The number of halogens is 1. The molecule has 2 aromatic heterocycles. The molecule has 4 rings (SSSR count). The summed E-state index contributed by atoms with van der Waals surface area (Å²) in [6.07, 6.45) is 1.93. The van der Waals surface area contributed by atoms with Crippen LogP contribution >= 0.6 is 23.1 Å². The number of nitrogens with zero attached hydrogens (tertiary/aromatic N) is 3. The number of hydrogen-bond donors (Lipinski definition) is 1. The van der Waals surface area contributed by atoms with E-state index in [1.807, 2.05) is 18.2 Å². The highest BCUT2D eigenvalue weighted by molar-refractivity contribution is 7.98. The summed E-state index contributed by atoms with van der Waals surface area (Å²) >= 11 is 2.92. The minimum Gasteiger partial charge on any atom is -0.321 e. The number of fused-ring (bicyclic) bond motifs is 1. The molecule has 0 bridgehead atoms. The summed E-state index contributed by atoms with van der Waals surface area (Å²) in [5, 5.41) is 8.24. The quantitative estimate of drug-likeness (QED) is 0.324. The molecule has 6 nitrogen and oxygen atoms in total. The number of carbonyl (C=O) groups excluding carboxylic acids is 1. The zero-order chi connectivity index (χ0) is 23.4. The lowest BCUT2D eigenvalue weighted by Crippen LogP contribution is -2.15. The smallest absolute Gasteiger partial charge is 0.275 e. The van der Waals surface area contributed by atoms with Gasteiger partial charge >= 0.3 is 0 Å². The summed E-state index contributed by atoms with van der Waals surface area (Å²) in [7, 11) is 0. The molecule has 170 valence electrons. The Morgan fingerprint density at radius 3 is 2.70 bits per heavy atom. The highest BCUT2D eigenvalue weighted by Crippen LogP contribution is 2.31. The fourth-order valence-corrected chi connectivity index (χ4v) is 5.51. The van der Waals surface area contributed by atoms with E-state index >= 15 is 0 Å². The van der Waals surface area contributed by atoms with Crippen molar-refractivity contribution in [2.24, 2.45) is 0 Å². The van der Waals surface area contributed by atoms with Gasteiger partial charge in [-0.2, -0.15) is 9.61 Å². The van der Waals surface area contributed by atoms with E-state index in [1.54, 1.807) is 12.1 Å².